The van der Waals surface area contributed by atoms with E-state index in [0.717, 1.165) is 5.56 Å². The van der Waals surface area contributed by atoms with Gasteiger partial charge < -0.3 is 19.5 Å². The van der Waals surface area contributed by atoms with Crippen LogP contribution in [-0.4, -0.2) is 59.2 Å². The van der Waals surface area contributed by atoms with Gasteiger partial charge in [0.2, 0.25) is 5.88 Å². The summed E-state index contributed by atoms with van der Waals surface area (Å²) in [7, 11) is 3.09. The number of aromatic nitrogens is 2. The van der Waals surface area contributed by atoms with E-state index in [2.05, 4.69) is 9.97 Å². The quantitative estimate of drug-likeness (QED) is 0.848. The molecule has 0 radical (unpaired) electrons. The first-order valence-electron chi connectivity index (χ1n) is 8.31. The van der Waals surface area contributed by atoms with Gasteiger partial charge in [-0.1, -0.05) is 0 Å². The van der Waals surface area contributed by atoms with Crippen molar-refractivity contribution < 1.29 is 24.2 Å². The van der Waals surface area contributed by atoms with Crippen molar-refractivity contribution in [1.82, 2.24) is 14.9 Å². The molecule has 3 rings (SSSR count). The molecule has 26 heavy (non-hydrogen) atoms. The average Bonchev–Trinajstić information content (AvgIpc) is 2.97. The molecular formula is C17H21N3O5S. The number of likely N-dealkylation sites (tertiary alicyclic amines) is 1. The Labute approximate surface area is 154 Å². The Morgan fingerprint density at radius 3 is 2.77 bits per heavy atom. The van der Waals surface area contributed by atoms with Crippen molar-refractivity contribution >= 4 is 33.4 Å². The Bertz CT molecular complexity index is 851. The zero-order valence-corrected chi connectivity index (χ0v) is 15.8. The van der Waals surface area contributed by atoms with Gasteiger partial charge in [0.15, 0.2) is 5.82 Å². The van der Waals surface area contributed by atoms with Gasteiger partial charge in [0.1, 0.15) is 11.4 Å². The Kier molecular flexibility index (Phi) is 5.38. The van der Waals surface area contributed by atoms with E-state index in [9.17, 15) is 14.7 Å². The van der Waals surface area contributed by atoms with E-state index in [4.69, 9.17) is 9.47 Å². The molecule has 1 unspecified atom stereocenters. The van der Waals surface area contributed by atoms with Gasteiger partial charge in [-0.05, 0) is 25.3 Å². The van der Waals surface area contributed by atoms with Crippen molar-refractivity contribution in [2.24, 2.45) is 5.92 Å². The molecule has 0 spiro atoms. The lowest BCUT2D eigenvalue weighted by atomic mass is 9.98. The summed E-state index contributed by atoms with van der Waals surface area (Å²) in [6, 6.07) is 0. The van der Waals surface area contributed by atoms with Crippen LogP contribution < -0.4 is 4.74 Å². The fourth-order valence-corrected chi connectivity index (χ4v) is 4.35. The molecule has 1 aliphatic rings. The topological polar surface area (TPSA) is 102 Å². The number of piperidine rings is 1. The number of amides is 1. The number of fused-ring (bicyclic) bond motifs is 1. The summed E-state index contributed by atoms with van der Waals surface area (Å²) in [5, 5.41) is 9.96. The lowest BCUT2D eigenvalue weighted by Gasteiger charge is -2.30. The Balaban J connectivity index is 1.98. The van der Waals surface area contributed by atoms with E-state index in [0.29, 0.717) is 46.2 Å². The molecule has 1 aliphatic heterocycles. The first-order chi connectivity index (χ1) is 12.5. The van der Waals surface area contributed by atoms with Crippen LogP contribution in [0, 0.1) is 12.8 Å². The number of carbonyl (C=O) groups is 2. The SMILES string of the molecule is COCc1nc(OC)c2c(C)c(C(=O)N3CCCC(C(=O)O)C3)sc2n1. The van der Waals surface area contributed by atoms with Gasteiger partial charge in [-0.15, -0.1) is 11.3 Å². The third kappa shape index (κ3) is 3.36. The van der Waals surface area contributed by atoms with E-state index < -0.39 is 11.9 Å². The number of aryl methyl sites for hydroxylation is 1. The Morgan fingerprint density at radius 2 is 2.12 bits per heavy atom. The van der Waals surface area contributed by atoms with Crippen LogP contribution in [0.4, 0.5) is 0 Å². The highest BCUT2D eigenvalue weighted by Gasteiger charge is 2.31. The standard InChI is InChI=1S/C17H21N3O5S/c1-9-12-14(25-3)18-11(8-24-2)19-15(12)26-13(9)16(21)20-6-4-5-10(7-20)17(22)23/h10H,4-8H2,1-3H3,(H,22,23). The molecule has 1 fully saturated rings. The van der Waals surface area contributed by atoms with Gasteiger partial charge in [0.25, 0.3) is 5.91 Å². The largest absolute Gasteiger partial charge is 0.481 e. The second kappa shape index (κ2) is 7.55. The first-order valence-corrected chi connectivity index (χ1v) is 9.13. The minimum Gasteiger partial charge on any atom is -0.481 e. The van der Waals surface area contributed by atoms with Crippen LogP contribution in [0.1, 0.15) is 33.9 Å². The maximum Gasteiger partial charge on any atom is 0.308 e. The lowest BCUT2D eigenvalue weighted by Crippen LogP contribution is -2.42. The van der Waals surface area contributed by atoms with Crippen LogP contribution in [0.2, 0.25) is 0 Å². The minimum absolute atomic E-state index is 0.160. The van der Waals surface area contributed by atoms with E-state index >= 15 is 0 Å². The Morgan fingerprint density at radius 1 is 1.35 bits per heavy atom. The number of ether oxygens (including phenoxy) is 2. The van der Waals surface area contributed by atoms with Crippen molar-refractivity contribution in [1.29, 1.82) is 0 Å². The number of nitrogens with zero attached hydrogens (tertiary/aromatic N) is 3. The van der Waals surface area contributed by atoms with Crippen molar-refractivity contribution in [3.05, 3.63) is 16.3 Å². The van der Waals surface area contributed by atoms with Crippen molar-refractivity contribution in [2.45, 2.75) is 26.4 Å². The molecule has 8 nitrogen and oxygen atoms in total. The third-order valence-corrected chi connectivity index (χ3v) is 5.70. The van der Waals surface area contributed by atoms with Crippen LogP contribution >= 0.6 is 11.3 Å². The number of methoxy groups -OCH3 is 2. The number of carboxylic acid groups (broad SMARTS) is 1. The predicted molar refractivity (Wildman–Crippen MR) is 95.7 cm³/mol. The highest BCUT2D eigenvalue weighted by atomic mass is 32.1. The average molecular weight is 379 g/mol. The number of carboxylic acids is 1. The van der Waals surface area contributed by atoms with Crippen LogP contribution in [-0.2, 0) is 16.1 Å². The molecule has 0 aliphatic carbocycles. The summed E-state index contributed by atoms with van der Waals surface area (Å²) < 4.78 is 10.5. The molecule has 3 heterocycles. The number of aliphatic carboxylic acids is 1. The highest BCUT2D eigenvalue weighted by Crippen LogP contribution is 2.36. The summed E-state index contributed by atoms with van der Waals surface area (Å²) in [4.78, 5) is 35.9. The lowest BCUT2D eigenvalue weighted by molar-refractivity contribution is -0.143. The third-order valence-electron chi connectivity index (χ3n) is 4.52. The summed E-state index contributed by atoms with van der Waals surface area (Å²) in [6.07, 6.45) is 1.29. The Hall–Kier alpha value is -2.26. The normalized spacial score (nSPS) is 17.5. The van der Waals surface area contributed by atoms with Crippen LogP contribution in [0.3, 0.4) is 0 Å². The van der Waals surface area contributed by atoms with Gasteiger partial charge in [-0.25, -0.2) is 4.98 Å². The number of rotatable bonds is 5. The fourth-order valence-electron chi connectivity index (χ4n) is 3.20. The second-order valence-electron chi connectivity index (χ2n) is 6.25. The second-order valence-corrected chi connectivity index (χ2v) is 7.25. The molecule has 1 N–H and O–H groups in total. The smallest absolute Gasteiger partial charge is 0.308 e. The fraction of sp³-hybridized carbons (Fsp3) is 0.529. The molecule has 140 valence electrons. The van der Waals surface area contributed by atoms with E-state index in [-0.39, 0.29) is 19.1 Å². The summed E-state index contributed by atoms with van der Waals surface area (Å²) >= 11 is 1.28. The number of hydrogen-bond acceptors (Lipinski definition) is 7. The highest BCUT2D eigenvalue weighted by molar-refractivity contribution is 7.20. The van der Waals surface area contributed by atoms with Crippen LogP contribution in [0.5, 0.6) is 5.88 Å². The van der Waals surface area contributed by atoms with E-state index in [1.165, 1.54) is 18.4 Å². The molecule has 2 aromatic heterocycles. The summed E-state index contributed by atoms with van der Waals surface area (Å²) in [5.41, 5.74) is 0.758. The zero-order valence-electron chi connectivity index (χ0n) is 14.9. The molecular weight excluding hydrogens is 358 g/mol. The van der Waals surface area contributed by atoms with Crippen LogP contribution in [0.25, 0.3) is 10.2 Å². The van der Waals surface area contributed by atoms with Crippen molar-refractivity contribution in [3.63, 3.8) is 0 Å². The molecule has 2 aromatic rings. The molecule has 0 bridgehead atoms. The van der Waals surface area contributed by atoms with Gasteiger partial charge in [-0.3, -0.25) is 9.59 Å². The summed E-state index contributed by atoms with van der Waals surface area (Å²) in [5.74, 6) is -0.623. The molecule has 9 heteroatoms. The van der Waals surface area contributed by atoms with Gasteiger partial charge >= 0.3 is 5.97 Å². The van der Waals surface area contributed by atoms with Gasteiger partial charge in [0.05, 0.1) is 23.3 Å². The minimum atomic E-state index is -0.854. The van der Waals surface area contributed by atoms with Gasteiger partial charge in [0, 0.05) is 20.2 Å². The van der Waals surface area contributed by atoms with Gasteiger partial charge in [-0.2, -0.15) is 4.98 Å². The number of carbonyl (C=O) groups excluding carboxylic acids is 1. The van der Waals surface area contributed by atoms with Crippen molar-refractivity contribution in [2.75, 3.05) is 27.3 Å². The maximum atomic E-state index is 13.0. The zero-order chi connectivity index (χ0) is 18.8. The molecule has 1 amide bonds. The summed E-state index contributed by atoms with van der Waals surface area (Å²) in [6.45, 7) is 2.89. The molecule has 0 saturated carbocycles. The number of hydrogen-bond donors (Lipinski definition) is 1. The molecule has 0 aromatic carbocycles. The predicted octanol–water partition coefficient (Wildman–Crippen LogP) is 2.09. The maximum absolute atomic E-state index is 13.0. The van der Waals surface area contributed by atoms with Crippen LogP contribution in [0.15, 0.2) is 0 Å². The molecule has 1 saturated heterocycles. The van der Waals surface area contributed by atoms with Crippen molar-refractivity contribution in [3.8, 4) is 5.88 Å². The van der Waals surface area contributed by atoms with E-state index in [1.54, 1.807) is 12.0 Å². The monoisotopic (exact) mass is 379 g/mol. The number of thiophene rings is 1. The van der Waals surface area contributed by atoms with E-state index in [1.807, 2.05) is 6.92 Å². The first kappa shape index (κ1) is 18.5. The molecule has 1 atom stereocenters.